The Hall–Kier alpha value is -2.48. The molecule has 0 spiro atoms. The largest absolute Gasteiger partial charge is 0.399 e. The molecule has 1 aliphatic carbocycles. The number of alkyl halides is 2. The zero-order valence-corrected chi connectivity index (χ0v) is 25.7. The molecule has 4 saturated heterocycles. The SMILES string of the molecule is O=C(N[C@H]1C[C@@H]2C[C@@H]2C[C@H]2CC[C@@H](C(=O)N3CC(N4CCOCC4)C3)N2C1=O)c1cc2cc(C(F)(F)P(=O)(O)O)ccc2s1. The van der Waals surface area contributed by atoms with E-state index < -0.39 is 36.8 Å². The van der Waals surface area contributed by atoms with Crippen LogP contribution in [0.1, 0.15) is 47.3 Å². The van der Waals surface area contributed by atoms with Gasteiger partial charge in [0.1, 0.15) is 12.1 Å². The molecule has 44 heavy (non-hydrogen) atoms. The molecule has 4 aliphatic heterocycles. The maximum atomic E-state index is 14.3. The molecular formula is C29H35F2N4O7PS. The number of likely N-dealkylation sites (tertiary alicyclic amines) is 1. The van der Waals surface area contributed by atoms with Gasteiger partial charge in [0.25, 0.3) is 5.91 Å². The Morgan fingerprint density at radius 3 is 2.48 bits per heavy atom. The van der Waals surface area contributed by atoms with Crippen LogP contribution in [0.4, 0.5) is 8.78 Å². The van der Waals surface area contributed by atoms with Gasteiger partial charge in [-0.05, 0) is 67.5 Å². The van der Waals surface area contributed by atoms with Gasteiger partial charge in [0, 0.05) is 48.5 Å². The molecule has 0 radical (unpaired) electrons. The summed E-state index contributed by atoms with van der Waals surface area (Å²) < 4.78 is 45.8. The van der Waals surface area contributed by atoms with E-state index in [4.69, 9.17) is 14.5 Å². The molecule has 2 aromatic rings. The average Bonchev–Trinajstić information content (AvgIpc) is 3.33. The summed E-state index contributed by atoms with van der Waals surface area (Å²) >= 11 is 1.05. The third kappa shape index (κ3) is 5.37. The van der Waals surface area contributed by atoms with Crippen molar-refractivity contribution in [2.75, 3.05) is 39.4 Å². The highest BCUT2D eigenvalue weighted by atomic mass is 32.1. The molecular weight excluding hydrogens is 617 g/mol. The van der Waals surface area contributed by atoms with E-state index in [0.717, 1.165) is 55.8 Å². The Morgan fingerprint density at radius 2 is 1.75 bits per heavy atom. The highest BCUT2D eigenvalue weighted by Crippen LogP contribution is 2.59. The second-order valence-electron chi connectivity index (χ2n) is 12.7. The molecule has 5 heterocycles. The van der Waals surface area contributed by atoms with Gasteiger partial charge in [-0.2, -0.15) is 8.78 Å². The van der Waals surface area contributed by atoms with Gasteiger partial charge in [-0.1, -0.05) is 6.07 Å². The summed E-state index contributed by atoms with van der Waals surface area (Å²) in [5.41, 5.74) is -5.20. The lowest BCUT2D eigenvalue weighted by Crippen LogP contribution is -2.66. The second-order valence-corrected chi connectivity index (χ2v) is 15.5. The fourth-order valence-electron chi connectivity index (χ4n) is 7.39. The van der Waals surface area contributed by atoms with Crippen molar-refractivity contribution in [1.29, 1.82) is 0 Å². The minimum absolute atomic E-state index is 0.0317. The van der Waals surface area contributed by atoms with Crippen molar-refractivity contribution in [1.82, 2.24) is 20.0 Å². The number of fused-ring (bicyclic) bond motifs is 3. The van der Waals surface area contributed by atoms with Crippen molar-refractivity contribution in [2.24, 2.45) is 11.8 Å². The Kier molecular flexibility index (Phi) is 7.61. The fraction of sp³-hybridized carbons (Fsp3) is 0.621. The van der Waals surface area contributed by atoms with E-state index >= 15 is 0 Å². The summed E-state index contributed by atoms with van der Waals surface area (Å²) in [6.07, 6.45) is 3.69. The van der Waals surface area contributed by atoms with Crippen molar-refractivity contribution < 1.29 is 42.3 Å². The summed E-state index contributed by atoms with van der Waals surface area (Å²) in [4.78, 5) is 65.5. The van der Waals surface area contributed by atoms with Crippen LogP contribution in [-0.2, 0) is 24.6 Å². The van der Waals surface area contributed by atoms with Crippen LogP contribution in [0.3, 0.4) is 0 Å². The predicted molar refractivity (Wildman–Crippen MR) is 156 cm³/mol. The molecule has 1 saturated carbocycles. The minimum Gasteiger partial charge on any atom is -0.379 e. The molecule has 5 atom stereocenters. The lowest BCUT2D eigenvalue weighted by atomic mass is 9.98. The van der Waals surface area contributed by atoms with E-state index in [9.17, 15) is 27.7 Å². The maximum Gasteiger partial charge on any atom is 0.399 e. The summed E-state index contributed by atoms with van der Waals surface area (Å²) in [5.74, 6) is -0.0294. The number of hydrogen-bond donors (Lipinski definition) is 3. The van der Waals surface area contributed by atoms with Crippen LogP contribution in [0.5, 0.6) is 0 Å². The Labute approximate surface area is 256 Å². The van der Waals surface area contributed by atoms with Gasteiger partial charge < -0.3 is 29.6 Å². The van der Waals surface area contributed by atoms with Crippen molar-refractivity contribution in [3.8, 4) is 0 Å². The van der Waals surface area contributed by atoms with Crippen molar-refractivity contribution in [2.45, 2.75) is 61.9 Å². The first-order valence-electron chi connectivity index (χ1n) is 15.1. The number of halogens is 2. The third-order valence-corrected chi connectivity index (χ3v) is 12.1. The summed E-state index contributed by atoms with van der Waals surface area (Å²) in [6.45, 7) is 4.38. The number of morpholine rings is 1. The van der Waals surface area contributed by atoms with Gasteiger partial charge in [0.2, 0.25) is 11.8 Å². The van der Waals surface area contributed by atoms with Gasteiger partial charge >= 0.3 is 13.3 Å². The molecule has 7 rings (SSSR count). The molecule has 1 aromatic heterocycles. The number of thiophene rings is 1. The Bertz CT molecular complexity index is 1540. The Balaban J connectivity index is 1.06. The summed E-state index contributed by atoms with van der Waals surface area (Å²) in [5, 5.41) is 3.13. The molecule has 0 bridgehead atoms. The highest BCUT2D eigenvalue weighted by Gasteiger charge is 2.53. The first-order chi connectivity index (χ1) is 20.9. The van der Waals surface area contributed by atoms with E-state index in [1.165, 1.54) is 12.1 Å². The molecule has 3 N–H and O–H groups in total. The number of nitrogens with one attached hydrogen (secondary N) is 1. The highest BCUT2D eigenvalue weighted by molar-refractivity contribution is 7.52. The first kappa shape index (κ1) is 30.2. The number of amides is 3. The third-order valence-electron chi connectivity index (χ3n) is 10.0. The lowest BCUT2D eigenvalue weighted by Gasteiger charge is -2.48. The standard InChI is InChI=1S/C29H35F2N4O7PS/c30-29(31,43(39,40)41)19-1-4-24-18(10-19)13-25(44-24)26(36)32-22-12-17-9-16(17)11-20-2-3-23(35(20)27(22)37)28(38)34-14-21(15-34)33-5-7-42-8-6-33/h1,4,10,13,16-17,20-23H,2-3,5-9,11-12,14-15H2,(H,32,36)(H2,39,40,41)/t16-,17+,20-,22+,23+/m1/s1. The monoisotopic (exact) mass is 652 g/mol. The second kappa shape index (κ2) is 11.1. The summed E-state index contributed by atoms with van der Waals surface area (Å²) in [7, 11) is -5.74. The fourth-order valence-corrected chi connectivity index (χ4v) is 8.81. The normalized spacial score (nSPS) is 29.9. The number of rotatable bonds is 6. The molecule has 5 aliphatic rings. The predicted octanol–water partition coefficient (Wildman–Crippen LogP) is 2.56. The number of nitrogens with zero attached hydrogens (tertiary/aromatic N) is 3. The van der Waals surface area contributed by atoms with Crippen molar-refractivity contribution in [3.05, 3.63) is 34.7 Å². The smallest absolute Gasteiger partial charge is 0.379 e. The lowest BCUT2D eigenvalue weighted by molar-refractivity contribution is -0.152. The molecule has 11 nitrogen and oxygen atoms in total. The molecule has 238 valence electrons. The van der Waals surface area contributed by atoms with Gasteiger partial charge in [-0.25, -0.2) is 0 Å². The number of carbonyl (C=O) groups is 3. The number of ether oxygens (including phenoxy) is 1. The minimum atomic E-state index is -5.74. The Morgan fingerprint density at radius 1 is 1.02 bits per heavy atom. The topological polar surface area (TPSA) is 140 Å². The van der Waals surface area contributed by atoms with E-state index in [-0.39, 0.29) is 28.1 Å². The van der Waals surface area contributed by atoms with Crippen LogP contribution in [0, 0.1) is 11.8 Å². The molecule has 5 fully saturated rings. The van der Waals surface area contributed by atoms with Gasteiger partial charge in [-0.15, -0.1) is 11.3 Å². The quantitative estimate of drug-likeness (QED) is 0.405. The van der Waals surface area contributed by atoms with E-state index in [0.29, 0.717) is 61.7 Å². The molecule has 0 unspecified atom stereocenters. The zero-order chi connectivity index (χ0) is 31.0. The van der Waals surface area contributed by atoms with E-state index in [1.807, 2.05) is 4.90 Å². The maximum absolute atomic E-state index is 14.3. The van der Waals surface area contributed by atoms with E-state index in [2.05, 4.69) is 10.2 Å². The number of benzene rings is 1. The van der Waals surface area contributed by atoms with Crippen molar-refractivity contribution in [3.63, 3.8) is 0 Å². The number of carbonyl (C=O) groups excluding carboxylic acids is 3. The van der Waals surface area contributed by atoms with Crippen LogP contribution >= 0.6 is 18.9 Å². The van der Waals surface area contributed by atoms with Crippen LogP contribution in [0.2, 0.25) is 0 Å². The average molecular weight is 653 g/mol. The molecule has 15 heteroatoms. The molecule has 3 amide bonds. The van der Waals surface area contributed by atoms with Crippen LogP contribution in [0.25, 0.3) is 10.1 Å². The van der Waals surface area contributed by atoms with Crippen LogP contribution in [-0.4, -0.2) is 106 Å². The molecule has 1 aromatic carbocycles. The van der Waals surface area contributed by atoms with E-state index in [1.54, 1.807) is 4.90 Å². The van der Waals surface area contributed by atoms with Gasteiger partial charge in [0.15, 0.2) is 0 Å². The zero-order valence-electron chi connectivity index (χ0n) is 23.9. The van der Waals surface area contributed by atoms with Crippen LogP contribution < -0.4 is 5.32 Å². The first-order valence-corrected chi connectivity index (χ1v) is 17.5. The van der Waals surface area contributed by atoms with Crippen molar-refractivity contribution >= 4 is 46.7 Å². The summed E-state index contributed by atoms with van der Waals surface area (Å²) in [6, 6.07) is 3.51. The van der Waals surface area contributed by atoms with Gasteiger partial charge in [0.05, 0.1) is 18.1 Å². The van der Waals surface area contributed by atoms with Gasteiger partial charge in [-0.3, -0.25) is 23.8 Å². The number of hydrogen-bond acceptors (Lipinski definition) is 7. The van der Waals surface area contributed by atoms with Crippen LogP contribution in [0.15, 0.2) is 24.3 Å².